The molecule has 1 unspecified atom stereocenters. The van der Waals surface area contributed by atoms with Crippen LogP contribution in [0.3, 0.4) is 0 Å². The average Bonchev–Trinajstić information content (AvgIpc) is 2.40. The van der Waals surface area contributed by atoms with E-state index >= 15 is 0 Å². The summed E-state index contributed by atoms with van der Waals surface area (Å²) in [5.74, 6) is -0.277. The van der Waals surface area contributed by atoms with Gasteiger partial charge in [-0.1, -0.05) is 5.92 Å². The number of aliphatic hydroxyl groups is 4. The fourth-order valence-electron chi connectivity index (χ4n) is 1.19. The molecule has 1 fully saturated rings. The molecular formula is C8H12O6. The predicted molar refractivity (Wildman–Crippen MR) is 43.7 cm³/mol. The topological polar surface area (TPSA) is 99.4 Å². The third-order valence-electron chi connectivity index (χ3n) is 1.94. The monoisotopic (exact) mass is 204 g/mol. The van der Waals surface area contributed by atoms with E-state index in [4.69, 9.17) is 16.3 Å². The highest BCUT2D eigenvalue weighted by atomic mass is 16.8. The first-order chi connectivity index (χ1) is 6.55. The van der Waals surface area contributed by atoms with Gasteiger partial charge in [-0.3, -0.25) is 0 Å². The van der Waals surface area contributed by atoms with Crippen molar-refractivity contribution in [2.75, 3.05) is 13.2 Å². The van der Waals surface area contributed by atoms with Crippen molar-refractivity contribution in [3.05, 3.63) is 0 Å². The Labute approximate surface area is 80.7 Å². The van der Waals surface area contributed by atoms with Gasteiger partial charge in [-0.2, -0.15) is 0 Å². The van der Waals surface area contributed by atoms with E-state index in [1.54, 1.807) is 0 Å². The van der Waals surface area contributed by atoms with Crippen LogP contribution in [0.4, 0.5) is 0 Å². The lowest BCUT2D eigenvalue weighted by atomic mass is 10.1. The molecule has 0 saturated carbocycles. The molecule has 0 spiro atoms. The summed E-state index contributed by atoms with van der Waals surface area (Å²) in [6.07, 6.45) is 0.714. The first-order valence-electron chi connectivity index (χ1n) is 3.99. The minimum absolute atomic E-state index is 0.279. The van der Waals surface area contributed by atoms with Crippen molar-refractivity contribution in [2.45, 2.75) is 24.3 Å². The summed E-state index contributed by atoms with van der Waals surface area (Å²) in [4.78, 5) is 0. The highest BCUT2D eigenvalue weighted by molar-refractivity contribution is 4.92. The van der Waals surface area contributed by atoms with Crippen molar-refractivity contribution in [1.82, 2.24) is 0 Å². The molecule has 80 valence electrons. The Morgan fingerprint density at radius 1 is 1.50 bits per heavy atom. The van der Waals surface area contributed by atoms with Crippen molar-refractivity contribution in [3.8, 4) is 12.3 Å². The van der Waals surface area contributed by atoms with E-state index in [9.17, 15) is 15.3 Å². The second-order valence-electron chi connectivity index (χ2n) is 2.90. The molecule has 0 aromatic heterocycles. The third kappa shape index (κ3) is 1.88. The van der Waals surface area contributed by atoms with E-state index in [0.717, 1.165) is 0 Å². The Kier molecular flexibility index (Phi) is 3.44. The molecule has 1 aliphatic heterocycles. The Bertz CT molecular complexity index is 236. The smallest absolute Gasteiger partial charge is 0.312 e. The van der Waals surface area contributed by atoms with Gasteiger partial charge >= 0.3 is 5.97 Å². The standard InChI is InChI=1S/C8H12O6/c1-2-3-13-8(12)7(11)6(10)5(4-9)14-8/h1,5-7,9-12H,3-4H2/t5-,6-,7-,8?/m1/s1. The zero-order valence-corrected chi connectivity index (χ0v) is 7.33. The Morgan fingerprint density at radius 3 is 2.57 bits per heavy atom. The second kappa shape index (κ2) is 4.23. The summed E-state index contributed by atoms with van der Waals surface area (Å²) in [6, 6.07) is 0. The lowest BCUT2D eigenvalue weighted by Gasteiger charge is -2.24. The number of aliphatic hydroxyl groups excluding tert-OH is 3. The van der Waals surface area contributed by atoms with Crippen LogP contribution >= 0.6 is 0 Å². The highest BCUT2D eigenvalue weighted by Gasteiger charge is 2.54. The molecule has 0 bridgehead atoms. The number of terminal acetylenes is 1. The van der Waals surface area contributed by atoms with Crippen molar-refractivity contribution < 1.29 is 29.9 Å². The van der Waals surface area contributed by atoms with Crippen molar-refractivity contribution >= 4 is 0 Å². The predicted octanol–water partition coefficient (Wildman–Crippen LogP) is -2.60. The van der Waals surface area contributed by atoms with Crippen LogP contribution in [0.25, 0.3) is 0 Å². The zero-order valence-electron chi connectivity index (χ0n) is 7.33. The average molecular weight is 204 g/mol. The van der Waals surface area contributed by atoms with Gasteiger partial charge in [0.1, 0.15) is 18.8 Å². The second-order valence-corrected chi connectivity index (χ2v) is 2.90. The van der Waals surface area contributed by atoms with Gasteiger partial charge < -0.3 is 29.9 Å². The minimum Gasteiger partial charge on any atom is -0.394 e. The van der Waals surface area contributed by atoms with Gasteiger partial charge in [-0.15, -0.1) is 6.42 Å². The van der Waals surface area contributed by atoms with E-state index in [1.807, 2.05) is 0 Å². The summed E-state index contributed by atoms with van der Waals surface area (Å²) in [7, 11) is 0. The van der Waals surface area contributed by atoms with Gasteiger partial charge in [0.05, 0.1) is 6.61 Å². The van der Waals surface area contributed by atoms with E-state index in [2.05, 4.69) is 10.7 Å². The summed E-state index contributed by atoms with van der Waals surface area (Å²) >= 11 is 0. The Hall–Kier alpha value is -0.680. The quantitative estimate of drug-likeness (QED) is 0.297. The van der Waals surface area contributed by atoms with Gasteiger partial charge in [0.2, 0.25) is 0 Å². The van der Waals surface area contributed by atoms with E-state index in [0.29, 0.717) is 0 Å². The maximum atomic E-state index is 9.50. The molecule has 0 aromatic rings. The molecule has 0 aromatic carbocycles. The normalized spacial score (nSPS) is 42.4. The Balaban J connectivity index is 2.67. The number of hydrogen-bond acceptors (Lipinski definition) is 6. The van der Waals surface area contributed by atoms with Gasteiger partial charge in [0.15, 0.2) is 6.10 Å². The summed E-state index contributed by atoms with van der Waals surface area (Å²) in [5.41, 5.74) is 0. The molecule has 0 amide bonds. The van der Waals surface area contributed by atoms with Crippen LogP contribution in [-0.4, -0.2) is 57.9 Å². The lowest BCUT2D eigenvalue weighted by Crippen LogP contribution is -2.45. The molecule has 1 saturated heterocycles. The first kappa shape index (κ1) is 11.4. The van der Waals surface area contributed by atoms with E-state index in [-0.39, 0.29) is 6.61 Å². The fourth-order valence-corrected chi connectivity index (χ4v) is 1.19. The molecule has 14 heavy (non-hydrogen) atoms. The largest absolute Gasteiger partial charge is 0.394 e. The maximum Gasteiger partial charge on any atom is 0.312 e. The summed E-state index contributed by atoms with van der Waals surface area (Å²) < 4.78 is 9.34. The van der Waals surface area contributed by atoms with Crippen LogP contribution in [0.1, 0.15) is 0 Å². The van der Waals surface area contributed by atoms with Gasteiger partial charge in [-0.05, 0) is 0 Å². The maximum absolute atomic E-state index is 9.50. The summed E-state index contributed by atoms with van der Waals surface area (Å²) in [5, 5.41) is 36.8. The number of rotatable bonds is 3. The van der Waals surface area contributed by atoms with Crippen molar-refractivity contribution in [3.63, 3.8) is 0 Å². The van der Waals surface area contributed by atoms with Crippen LogP contribution < -0.4 is 0 Å². The molecule has 4 N–H and O–H groups in total. The Morgan fingerprint density at radius 2 is 2.14 bits per heavy atom. The number of ether oxygens (including phenoxy) is 2. The van der Waals surface area contributed by atoms with Crippen LogP contribution in [0, 0.1) is 12.3 Å². The van der Waals surface area contributed by atoms with Gasteiger partial charge in [0.25, 0.3) is 0 Å². The highest BCUT2D eigenvalue weighted by Crippen LogP contribution is 2.29. The minimum atomic E-state index is -2.35. The molecule has 6 heteroatoms. The number of hydrogen-bond donors (Lipinski definition) is 4. The van der Waals surface area contributed by atoms with Crippen LogP contribution in [0.5, 0.6) is 0 Å². The zero-order chi connectivity index (χ0) is 10.8. The summed E-state index contributed by atoms with van der Waals surface area (Å²) in [6.45, 7) is -0.821. The van der Waals surface area contributed by atoms with Crippen LogP contribution in [-0.2, 0) is 9.47 Å². The molecule has 4 atom stereocenters. The van der Waals surface area contributed by atoms with Gasteiger partial charge in [0, 0.05) is 0 Å². The van der Waals surface area contributed by atoms with Crippen molar-refractivity contribution in [2.24, 2.45) is 0 Å². The lowest BCUT2D eigenvalue weighted by molar-refractivity contribution is -0.372. The molecule has 1 aliphatic rings. The fraction of sp³-hybridized carbons (Fsp3) is 0.750. The molecule has 0 aliphatic carbocycles. The van der Waals surface area contributed by atoms with Crippen LogP contribution in [0.2, 0.25) is 0 Å². The molecule has 6 nitrogen and oxygen atoms in total. The molecule has 0 radical (unpaired) electrons. The molecule has 1 heterocycles. The third-order valence-corrected chi connectivity index (χ3v) is 1.94. The van der Waals surface area contributed by atoms with E-state index < -0.39 is 30.9 Å². The van der Waals surface area contributed by atoms with Gasteiger partial charge in [-0.25, -0.2) is 0 Å². The molecular weight excluding hydrogens is 192 g/mol. The van der Waals surface area contributed by atoms with E-state index in [1.165, 1.54) is 0 Å². The SMILES string of the molecule is C#CCOC1(O)O[C@H](CO)[C@@H](O)[C@H]1O. The first-order valence-corrected chi connectivity index (χ1v) is 3.99. The molecule has 1 rings (SSSR count). The van der Waals surface area contributed by atoms with Crippen LogP contribution in [0.15, 0.2) is 0 Å². The van der Waals surface area contributed by atoms with Crippen molar-refractivity contribution in [1.29, 1.82) is 0 Å².